The van der Waals surface area contributed by atoms with Gasteiger partial charge in [-0.1, -0.05) is 49.7 Å². The topological polar surface area (TPSA) is 49.7 Å². The van der Waals surface area contributed by atoms with Crippen LogP contribution < -0.4 is 4.74 Å². The molecule has 3 aromatic carbocycles. The lowest BCUT2D eigenvalue weighted by Crippen LogP contribution is -1.97. The van der Waals surface area contributed by atoms with Gasteiger partial charge in [0.25, 0.3) is 0 Å². The fourth-order valence-electron chi connectivity index (χ4n) is 2.60. The summed E-state index contributed by atoms with van der Waals surface area (Å²) < 4.78 is 5.77. The van der Waals surface area contributed by atoms with Gasteiger partial charge >= 0.3 is 0 Å². The molecule has 0 saturated carbocycles. The monoisotopic (exact) mass is 282 g/mol. The Hall–Kier alpha value is -2.42. The number of ether oxygens (including phenoxy) is 1. The molecule has 3 nitrogen and oxygen atoms in total. The molecule has 0 heterocycles. The van der Waals surface area contributed by atoms with E-state index in [2.05, 4.69) is 6.92 Å². The van der Waals surface area contributed by atoms with E-state index in [0.29, 0.717) is 33.9 Å². The van der Waals surface area contributed by atoms with Crippen LogP contribution in [-0.4, -0.2) is 16.8 Å². The van der Waals surface area contributed by atoms with Gasteiger partial charge in [0.1, 0.15) is 17.2 Å². The summed E-state index contributed by atoms with van der Waals surface area (Å²) in [5.74, 6) is 0.948. The van der Waals surface area contributed by atoms with Crippen LogP contribution >= 0.6 is 0 Å². The van der Waals surface area contributed by atoms with Crippen LogP contribution in [0.3, 0.4) is 0 Å². The zero-order chi connectivity index (χ0) is 14.8. The molecular formula is C18H18O3. The van der Waals surface area contributed by atoms with Crippen LogP contribution in [0.1, 0.15) is 19.8 Å². The van der Waals surface area contributed by atoms with Gasteiger partial charge in [0.15, 0.2) is 0 Å². The highest BCUT2D eigenvalue weighted by Gasteiger charge is 2.15. The van der Waals surface area contributed by atoms with Crippen LogP contribution in [0, 0.1) is 0 Å². The van der Waals surface area contributed by atoms with Crippen molar-refractivity contribution >= 4 is 21.5 Å². The quantitative estimate of drug-likeness (QED) is 0.418. The van der Waals surface area contributed by atoms with Crippen molar-refractivity contribution in [2.75, 3.05) is 6.61 Å². The molecule has 0 atom stereocenters. The van der Waals surface area contributed by atoms with Crippen molar-refractivity contribution in [2.24, 2.45) is 0 Å². The number of hydrogen-bond acceptors (Lipinski definition) is 3. The molecule has 3 heteroatoms. The molecule has 0 saturated heterocycles. The SMILES string of the molecule is CCCCOc1cccc2c(O)c3ccccc3c(O)c12. The number of phenolic OH excluding ortho intramolecular Hbond substituents is 2. The van der Waals surface area contributed by atoms with E-state index in [1.165, 1.54) is 0 Å². The number of aromatic hydroxyl groups is 2. The third kappa shape index (κ3) is 2.25. The Morgan fingerprint density at radius 3 is 2.24 bits per heavy atom. The van der Waals surface area contributed by atoms with Gasteiger partial charge in [-0.3, -0.25) is 0 Å². The predicted molar refractivity (Wildman–Crippen MR) is 85.2 cm³/mol. The van der Waals surface area contributed by atoms with Crippen molar-refractivity contribution in [3.8, 4) is 17.2 Å². The van der Waals surface area contributed by atoms with E-state index < -0.39 is 0 Å². The minimum Gasteiger partial charge on any atom is -0.507 e. The zero-order valence-corrected chi connectivity index (χ0v) is 12.0. The van der Waals surface area contributed by atoms with Crippen molar-refractivity contribution in [1.82, 2.24) is 0 Å². The molecule has 0 unspecified atom stereocenters. The second kappa shape index (κ2) is 5.52. The molecule has 0 radical (unpaired) electrons. The minimum absolute atomic E-state index is 0.158. The number of phenols is 2. The molecule has 0 aliphatic rings. The number of benzene rings is 3. The smallest absolute Gasteiger partial charge is 0.135 e. The Labute approximate surface area is 123 Å². The standard InChI is InChI=1S/C18H18O3/c1-2-3-11-21-15-10-6-9-14-16(15)18(20)13-8-5-4-7-12(13)17(14)19/h4-10,19-20H,2-3,11H2,1H3. The first kappa shape index (κ1) is 13.6. The van der Waals surface area contributed by atoms with E-state index in [4.69, 9.17) is 4.74 Å². The van der Waals surface area contributed by atoms with E-state index in [1.54, 1.807) is 18.2 Å². The summed E-state index contributed by atoms with van der Waals surface area (Å²) in [5, 5.41) is 23.5. The summed E-state index contributed by atoms with van der Waals surface area (Å²) in [6.07, 6.45) is 2.00. The first-order chi connectivity index (χ1) is 10.2. The molecule has 0 aliphatic heterocycles. The van der Waals surface area contributed by atoms with Crippen LogP contribution in [0.2, 0.25) is 0 Å². The summed E-state index contributed by atoms with van der Waals surface area (Å²) in [7, 11) is 0. The van der Waals surface area contributed by atoms with Gasteiger partial charge in [0.05, 0.1) is 12.0 Å². The molecule has 21 heavy (non-hydrogen) atoms. The molecule has 0 bridgehead atoms. The van der Waals surface area contributed by atoms with Crippen LogP contribution in [0.4, 0.5) is 0 Å². The van der Waals surface area contributed by atoms with Crippen LogP contribution in [-0.2, 0) is 0 Å². The highest BCUT2D eigenvalue weighted by atomic mass is 16.5. The highest BCUT2D eigenvalue weighted by molar-refractivity contribution is 6.12. The van der Waals surface area contributed by atoms with Gasteiger partial charge in [0.2, 0.25) is 0 Å². The van der Waals surface area contributed by atoms with Crippen molar-refractivity contribution < 1.29 is 14.9 Å². The van der Waals surface area contributed by atoms with Gasteiger partial charge in [-0.15, -0.1) is 0 Å². The Kier molecular flexibility index (Phi) is 3.57. The molecule has 0 fully saturated rings. The van der Waals surface area contributed by atoms with Crippen LogP contribution in [0.15, 0.2) is 42.5 Å². The second-order valence-corrected chi connectivity index (χ2v) is 5.12. The fraction of sp³-hybridized carbons (Fsp3) is 0.222. The molecule has 0 amide bonds. The Morgan fingerprint density at radius 1 is 0.857 bits per heavy atom. The maximum atomic E-state index is 10.6. The van der Waals surface area contributed by atoms with E-state index in [9.17, 15) is 10.2 Å². The molecule has 0 aromatic heterocycles. The molecule has 0 aliphatic carbocycles. The summed E-state index contributed by atoms with van der Waals surface area (Å²) in [6, 6.07) is 12.7. The average Bonchev–Trinajstić information content (AvgIpc) is 2.53. The van der Waals surface area contributed by atoms with Gasteiger partial charge < -0.3 is 14.9 Å². The zero-order valence-electron chi connectivity index (χ0n) is 12.0. The van der Waals surface area contributed by atoms with Crippen molar-refractivity contribution in [2.45, 2.75) is 19.8 Å². The lowest BCUT2D eigenvalue weighted by molar-refractivity contribution is 0.312. The summed E-state index contributed by atoms with van der Waals surface area (Å²) in [5.41, 5.74) is 0. The predicted octanol–water partition coefficient (Wildman–Crippen LogP) is 4.58. The van der Waals surface area contributed by atoms with E-state index in [-0.39, 0.29) is 11.5 Å². The number of hydrogen-bond donors (Lipinski definition) is 2. The molecule has 108 valence electrons. The third-order valence-corrected chi connectivity index (χ3v) is 3.71. The molecule has 3 rings (SSSR count). The number of unbranched alkanes of at least 4 members (excludes halogenated alkanes) is 1. The number of fused-ring (bicyclic) bond motifs is 2. The second-order valence-electron chi connectivity index (χ2n) is 5.12. The molecule has 2 N–H and O–H groups in total. The van der Waals surface area contributed by atoms with Gasteiger partial charge in [0, 0.05) is 16.2 Å². The van der Waals surface area contributed by atoms with Crippen molar-refractivity contribution in [3.05, 3.63) is 42.5 Å². The third-order valence-electron chi connectivity index (χ3n) is 3.71. The van der Waals surface area contributed by atoms with E-state index >= 15 is 0 Å². The lowest BCUT2D eigenvalue weighted by atomic mass is 10.00. The minimum atomic E-state index is 0.158. The average molecular weight is 282 g/mol. The highest BCUT2D eigenvalue weighted by Crippen LogP contribution is 2.44. The van der Waals surface area contributed by atoms with E-state index in [1.807, 2.05) is 24.3 Å². The Bertz CT molecular complexity index is 793. The Balaban J connectivity index is 2.27. The van der Waals surface area contributed by atoms with Gasteiger partial charge in [-0.2, -0.15) is 0 Å². The first-order valence-corrected chi connectivity index (χ1v) is 7.22. The van der Waals surface area contributed by atoms with Gasteiger partial charge in [-0.25, -0.2) is 0 Å². The van der Waals surface area contributed by atoms with Crippen molar-refractivity contribution in [3.63, 3.8) is 0 Å². The Morgan fingerprint density at radius 2 is 1.52 bits per heavy atom. The maximum absolute atomic E-state index is 10.6. The lowest BCUT2D eigenvalue weighted by Gasteiger charge is -2.13. The van der Waals surface area contributed by atoms with Crippen molar-refractivity contribution in [1.29, 1.82) is 0 Å². The summed E-state index contributed by atoms with van der Waals surface area (Å²) in [6.45, 7) is 2.70. The van der Waals surface area contributed by atoms with Crippen LogP contribution in [0.25, 0.3) is 21.5 Å². The summed E-state index contributed by atoms with van der Waals surface area (Å²) >= 11 is 0. The molecule has 3 aromatic rings. The molecule has 0 spiro atoms. The largest absolute Gasteiger partial charge is 0.507 e. The number of rotatable bonds is 4. The van der Waals surface area contributed by atoms with Gasteiger partial charge in [-0.05, 0) is 12.5 Å². The van der Waals surface area contributed by atoms with Crippen LogP contribution in [0.5, 0.6) is 17.2 Å². The summed E-state index contributed by atoms with van der Waals surface area (Å²) in [4.78, 5) is 0. The fourth-order valence-corrected chi connectivity index (χ4v) is 2.60. The first-order valence-electron chi connectivity index (χ1n) is 7.22. The maximum Gasteiger partial charge on any atom is 0.135 e. The van der Waals surface area contributed by atoms with E-state index in [0.717, 1.165) is 12.8 Å². The normalized spacial score (nSPS) is 11.1. The molecular weight excluding hydrogens is 264 g/mol.